The molecule has 3 aromatic rings. The number of rotatable bonds is 5. The van der Waals surface area contributed by atoms with Crippen molar-refractivity contribution in [1.82, 2.24) is 20.0 Å². The summed E-state index contributed by atoms with van der Waals surface area (Å²) < 4.78 is 41.2. The number of nitrogens with one attached hydrogen (secondary N) is 2. The van der Waals surface area contributed by atoms with E-state index in [2.05, 4.69) is 25.9 Å². The highest BCUT2D eigenvalue weighted by Gasteiger charge is 2.33. The quantitative estimate of drug-likeness (QED) is 0.597. The summed E-state index contributed by atoms with van der Waals surface area (Å²) in [6.45, 7) is 2.21. The molecule has 0 unspecified atom stereocenters. The van der Waals surface area contributed by atoms with Gasteiger partial charge in [-0.3, -0.25) is 4.79 Å². The Morgan fingerprint density at radius 1 is 1.28 bits per heavy atom. The molecule has 1 aliphatic heterocycles. The van der Waals surface area contributed by atoms with Gasteiger partial charge in [0.2, 0.25) is 5.91 Å². The molecule has 8 nitrogen and oxygen atoms in total. The van der Waals surface area contributed by atoms with E-state index in [0.29, 0.717) is 22.9 Å². The van der Waals surface area contributed by atoms with Crippen molar-refractivity contribution in [2.24, 2.45) is 0 Å². The monoisotopic (exact) mass is 465 g/mol. The zero-order valence-electron chi connectivity index (χ0n) is 17.2. The maximum atomic E-state index is 13.3. The summed E-state index contributed by atoms with van der Waals surface area (Å²) in [7, 11) is 1.82. The second kappa shape index (κ2) is 8.30. The first-order chi connectivity index (χ1) is 15.1. The minimum Gasteiger partial charge on any atom is -0.364 e. The molecule has 0 saturated carbocycles. The minimum absolute atomic E-state index is 0.0163. The highest BCUT2D eigenvalue weighted by atomic mass is 35.5. The van der Waals surface area contributed by atoms with Crippen LogP contribution in [0.2, 0.25) is 5.02 Å². The van der Waals surface area contributed by atoms with Crippen LogP contribution in [0.3, 0.4) is 0 Å². The van der Waals surface area contributed by atoms with E-state index in [1.54, 1.807) is 13.1 Å². The standard InChI is InChI=1S/C20H19ClF3N7O/c1-11-19-16(30(2)10-18(32)27-19)6-17(26-11)25-7-14-9-31(29-28-14)8-12-3-4-13(21)5-15(12)20(22,23)24/h3-6,9H,7-8,10H2,1-2H3,(H,25,26)(H,27,32). The molecule has 0 saturated heterocycles. The van der Waals surface area contributed by atoms with Crippen molar-refractivity contribution < 1.29 is 18.0 Å². The van der Waals surface area contributed by atoms with Gasteiger partial charge in [-0.2, -0.15) is 13.2 Å². The lowest BCUT2D eigenvalue weighted by molar-refractivity contribution is -0.138. The zero-order valence-corrected chi connectivity index (χ0v) is 17.9. The molecule has 0 fully saturated rings. The largest absolute Gasteiger partial charge is 0.416 e. The van der Waals surface area contributed by atoms with E-state index in [1.165, 1.54) is 16.8 Å². The van der Waals surface area contributed by atoms with E-state index < -0.39 is 11.7 Å². The maximum absolute atomic E-state index is 13.3. The Labute approximate surface area is 186 Å². The second-order valence-electron chi connectivity index (χ2n) is 7.45. The van der Waals surface area contributed by atoms with Gasteiger partial charge >= 0.3 is 6.18 Å². The maximum Gasteiger partial charge on any atom is 0.416 e. The summed E-state index contributed by atoms with van der Waals surface area (Å²) in [5.41, 5.74) is 1.95. The average molecular weight is 466 g/mol. The molecule has 4 rings (SSSR count). The molecule has 1 amide bonds. The van der Waals surface area contributed by atoms with Crippen molar-refractivity contribution in [3.8, 4) is 0 Å². The molecular formula is C20H19ClF3N7O. The molecule has 0 atom stereocenters. The van der Waals surface area contributed by atoms with Gasteiger partial charge in [0.1, 0.15) is 11.5 Å². The van der Waals surface area contributed by atoms with Crippen molar-refractivity contribution in [3.05, 3.63) is 58.0 Å². The number of fused-ring (bicyclic) bond motifs is 1. The van der Waals surface area contributed by atoms with Gasteiger partial charge in [0.05, 0.1) is 48.5 Å². The molecule has 0 radical (unpaired) electrons. The molecule has 32 heavy (non-hydrogen) atoms. The van der Waals surface area contributed by atoms with Crippen LogP contribution < -0.4 is 15.5 Å². The lowest BCUT2D eigenvalue weighted by atomic mass is 10.1. The summed E-state index contributed by atoms with van der Waals surface area (Å²) in [5, 5.41) is 13.9. The fraction of sp³-hybridized carbons (Fsp3) is 0.300. The predicted octanol–water partition coefficient (Wildman–Crippen LogP) is 3.70. The van der Waals surface area contributed by atoms with E-state index >= 15 is 0 Å². The van der Waals surface area contributed by atoms with Crippen LogP contribution in [0.4, 0.5) is 30.4 Å². The Balaban J connectivity index is 1.47. The van der Waals surface area contributed by atoms with Crippen LogP contribution >= 0.6 is 11.6 Å². The number of aromatic nitrogens is 4. The van der Waals surface area contributed by atoms with Crippen LogP contribution in [0.5, 0.6) is 0 Å². The smallest absolute Gasteiger partial charge is 0.364 e. The Hall–Kier alpha value is -3.34. The van der Waals surface area contributed by atoms with E-state index in [0.717, 1.165) is 11.8 Å². The van der Waals surface area contributed by atoms with Crippen LogP contribution in [0, 0.1) is 6.92 Å². The third kappa shape index (κ3) is 4.62. The van der Waals surface area contributed by atoms with Crippen LogP contribution in [0.1, 0.15) is 22.5 Å². The molecule has 12 heteroatoms. The highest BCUT2D eigenvalue weighted by molar-refractivity contribution is 6.30. The van der Waals surface area contributed by atoms with Crippen LogP contribution in [-0.4, -0.2) is 39.5 Å². The van der Waals surface area contributed by atoms with Crippen LogP contribution in [-0.2, 0) is 24.1 Å². The SMILES string of the molecule is Cc1nc(NCc2cn(Cc3ccc(Cl)cc3C(F)(F)F)nn2)cc2c1NC(=O)CN2C. The summed E-state index contributed by atoms with van der Waals surface area (Å²) in [6, 6.07) is 5.46. The molecule has 168 valence electrons. The fourth-order valence-corrected chi connectivity index (χ4v) is 3.66. The molecule has 0 bridgehead atoms. The molecule has 2 aromatic heterocycles. The van der Waals surface area contributed by atoms with E-state index in [9.17, 15) is 18.0 Å². The van der Waals surface area contributed by atoms with Crippen molar-refractivity contribution >= 4 is 34.7 Å². The molecule has 1 aromatic carbocycles. The van der Waals surface area contributed by atoms with Gasteiger partial charge in [-0.25, -0.2) is 9.67 Å². The second-order valence-corrected chi connectivity index (χ2v) is 7.89. The number of carbonyl (C=O) groups excluding carboxylic acids is 1. The fourth-order valence-electron chi connectivity index (χ4n) is 3.48. The van der Waals surface area contributed by atoms with Crippen molar-refractivity contribution in [2.45, 2.75) is 26.2 Å². The number of hydrogen-bond acceptors (Lipinski definition) is 6. The lowest BCUT2D eigenvalue weighted by Crippen LogP contribution is -2.36. The summed E-state index contributed by atoms with van der Waals surface area (Å²) >= 11 is 5.73. The number of aryl methyl sites for hydroxylation is 1. The first kappa shape index (κ1) is 21.9. The van der Waals surface area contributed by atoms with Gasteiger partial charge in [-0.15, -0.1) is 5.10 Å². The summed E-state index contributed by atoms with van der Waals surface area (Å²) in [5.74, 6) is 0.479. The zero-order chi connectivity index (χ0) is 23.0. The third-order valence-corrected chi connectivity index (χ3v) is 5.22. The first-order valence-electron chi connectivity index (χ1n) is 9.61. The van der Waals surface area contributed by atoms with Crippen molar-refractivity contribution in [1.29, 1.82) is 0 Å². The normalized spacial score (nSPS) is 13.7. The van der Waals surface area contributed by atoms with Gasteiger partial charge in [0.25, 0.3) is 0 Å². The van der Waals surface area contributed by atoms with Gasteiger partial charge in [-0.1, -0.05) is 22.9 Å². The number of carbonyl (C=O) groups is 1. The number of amides is 1. The number of alkyl halides is 3. The number of halogens is 4. The van der Waals surface area contributed by atoms with Gasteiger partial charge in [0, 0.05) is 18.1 Å². The number of benzene rings is 1. The van der Waals surface area contributed by atoms with Crippen LogP contribution in [0.15, 0.2) is 30.5 Å². The van der Waals surface area contributed by atoms with Gasteiger partial charge < -0.3 is 15.5 Å². The molecular weight excluding hydrogens is 447 g/mol. The topological polar surface area (TPSA) is 88.0 Å². The summed E-state index contributed by atoms with van der Waals surface area (Å²) in [4.78, 5) is 18.0. The van der Waals surface area contributed by atoms with E-state index in [4.69, 9.17) is 11.6 Å². The average Bonchev–Trinajstić information content (AvgIpc) is 3.15. The molecule has 3 heterocycles. The van der Waals surface area contributed by atoms with E-state index in [1.807, 2.05) is 18.0 Å². The Kier molecular flexibility index (Phi) is 5.68. The highest BCUT2D eigenvalue weighted by Crippen LogP contribution is 2.34. The van der Waals surface area contributed by atoms with Crippen molar-refractivity contribution in [3.63, 3.8) is 0 Å². The number of anilines is 3. The predicted molar refractivity (Wildman–Crippen MR) is 114 cm³/mol. The summed E-state index contributed by atoms with van der Waals surface area (Å²) in [6.07, 6.45) is -2.95. The number of pyridine rings is 1. The molecule has 2 N–H and O–H groups in total. The number of likely N-dealkylation sites (N-methyl/N-ethyl adjacent to an activating group) is 1. The van der Waals surface area contributed by atoms with E-state index in [-0.39, 0.29) is 36.1 Å². The number of hydrogen-bond donors (Lipinski definition) is 2. The van der Waals surface area contributed by atoms with Gasteiger partial charge in [0.15, 0.2) is 0 Å². The number of nitrogens with zero attached hydrogens (tertiary/aromatic N) is 5. The van der Waals surface area contributed by atoms with Crippen LogP contribution in [0.25, 0.3) is 0 Å². The Morgan fingerprint density at radius 2 is 2.06 bits per heavy atom. The first-order valence-corrected chi connectivity index (χ1v) is 9.99. The van der Waals surface area contributed by atoms with Gasteiger partial charge in [-0.05, 0) is 24.6 Å². The Bertz CT molecular complexity index is 1180. The lowest BCUT2D eigenvalue weighted by Gasteiger charge is -2.28. The molecule has 0 spiro atoms. The molecule has 0 aliphatic carbocycles. The minimum atomic E-state index is -4.52. The molecule has 1 aliphatic rings. The third-order valence-electron chi connectivity index (χ3n) is 4.98. The van der Waals surface area contributed by atoms with Crippen molar-refractivity contribution in [2.75, 3.05) is 29.1 Å². The Morgan fingerprint density at radius 3 is 2.81 bits per heavy atom.